The van der Waals surface area contributed by atoms with Crippen molar-refractivity contribution < 1.29 is 10.2 Å². The second-order valence-electron chi connectivity index (χ2n) is 7.55. The Labute approximate surface area is 170 Å². The van der Waals surface area contributed by atoms with E-state index in [-0.39, 0.29) is 60.1 Å². The van der Waals surface area contributed by atoms with Gasteiger partial charge in [-0.05, 0) is 22.0 Å². The topological polar surface area (TPSA) is 46.1 Å². The predicted molar refractivity (Wildman–Crippen MR) is 94.9 cm³/mol. The van der Waals surface area contributed by atoms with Gasteiger partial charge in [-0.1, -0.05) is 90.1 Å². The molecule has 3 heteroatoms. The van der Waals surface area contributed by atoms with E-state index in [1.54, 1.807) is 24.3 Å². The van der Waals surface area contributed by atoms with Crippen LogP contribution in [0.4, 0.5) is 0 Å². The van der Waals surface area contributed by atoms with Crippen molar-refractivity contribution in [3.8, 4) is 11.5 Å². The number of benzene rings is 2. The third-order valence-electron chi connectivity index (χ3n) is 3.44. The van der Waals surface area contributed by atoms with Crippen LogP contribution in [0, 0.1) is 0 Å². The number of hydrogen-bond acceptors (Lipinski definition) is 2. The van der Waals surface area contributed by atoms with Crippen LogP contribution in [0.1, 0.15) is 52.7 Å². The summed E-state index contributed by atoms with van der Waals surface area (Å²) in [6.07, 6.45) is 0. The van der Waals surface area contributed by atoms with Crippen molar-refractivity contribution in [3.05, 3.63) is 59.7 Å². The van der Waals surface area contributed by atoms with Crippen molar-refractivity contribution in [1.29, 1.82) is 0 Å². The Morgan fingerprint density at radius 1 is 0.522 bits per heavy atom. The molecule has 0 saturated carbocycles. The average molecular weight is 339 g/mol. The number of hydrogen-bond donors (Lipinski definition) is 0. The van der Waals surface area contributed by atoms with Gasteiger partial charge in [-0.3, -0.25) is 0 Å². The maximum absolute atomic E-state index is 10.7. The maximum Gasteiger partial charge on any atom is 2.00 e. The van der Waals surface area contributed by atoms with E-state index in [1.807, 2.05) is 24.3 Å². The van der Waals surface area contributed by atoms with Crippen LogP contribution < -0.4 is 10.2 Å². The summed E-state index contributed by atoms with van der Waals surface area (Å²) in [6.45, 7) is 12.8. The molecule has 23 heavy (non-hydrogen) atoms. The Morgan fingerprint density at radius 2 is 0.739 bits per heavy atom. The van der Waals surface area contributed by atoms with Gasteiger partial charge in [-0.25, -0.2) is 0 Å². The Hall–Kier alpha value is -0.700. The van der Waals surface area contributed by atoms with E-state index >= 15 is 0 Å². The van der Waals surface area contributed by atoms with Crippen LogP contribution in [0.25, 0.3) is 0 Å². The molecule has 0 aliphatic rings. The summed E-state index contributed by atoms with van der Waals surface area (Å²) in [5, 5.41) is 21.5. The molecule has 2 nitrogen and oxygen atoms in total. The van der Waals surface area contributed by atoms with Crippen molar-refractivity contribution in [2.75, 3.05) is 0 Å². The molecule has 0 atom stereocenters. The quantitative estimate of drug-likeness (QED) is 0.687. The van der Waals surface area contributed by atoms with Crippen LogP contribution in [0.2, 0.25) is 0 Å². The van der Waals surface area contributed by atoms with Gasteiger partial charge in [-0.15, -0.1) is 11.5 Å². The van der Waals surface area contributed by atoms with E-state index in [4.69, 9.17) is 0 Å². The van der Waals surface area contributed by atoms with Crippen molar-refractivity contribution in [3.63, 3.8) is 0 Å². The smallest absolute Gasteiger partial charge is 0.872 e. The van der Waals surface area contributed by atoms with Crippen molar-refractivity contribution in [2.45, 2.75) is 52.4 Å². The van der Waals surface area contributed by atoms with Gasteiger partial charge in [0.2, 0.25) is 0 Å². The zero-order chi connectivity index (χ0) is 17.0. The normalized spacial score (nSPS) is 11.0. The van der Waals surface area contributed by atoms with Crippen LogP contribution in [0.15, 0.2) is 48.5 Å². The van der Waals surface area contributed by atoms with Crippen LogP contribution in [-0.4, -0.2) is 37.7 Å². The average Bonchev–Trinajstić information content (AvgIpc) is 2.38. The van der Waals surface area contributed by atoms with Crippen LogP contribution in [0.5, 0.6) is 11.5 Å². The van der Waals surface area contributed by atoms with Gasteiger partial charge in [0.25, 0.3) is 0 Å². The molecule has 2 aromatic carbocycles. The fraction of sp³-hybridized carbons (Fsp3) is 0.400. The summed E-state index contributed by atoms with van der Waals surface area (Å²) in [6, 6.07) is 14.0. The fourth-order valence-electron chi connectivity index (χ4n) is 1.91. The van der Waals surface area contributed by atoms with E-state index in [2.05, 4.69) is 41.5 Å². The third-order valence-corrected chi connectivity index (χ3v) is 3.44. The summed E-state index contributed by atoms with van der Waals surface area (Å²) in [7, 11) is 0. The molecule has 2 rings (SSSR count). The Kier molecular flexibility index (Phi) is 8.69. The van der Waals surface area contributed by atoms with E-state index in [0.717, 1.165) is 0 Å². The molecule has 120 valence electrons. The monoisotopic (exact) mass is 338 g/mol. The minimum absolute atomic E-state index is 0. The van der Waals surface area contributed by atoms with Gasteiger partial charge >= 0.3 is 37.7 Å². The summed E-state index contributed by atoms with van der Waals surface area (Å²) in [5.41, 5.74) is 2.70. The minimum atomic E-state index is 0. The molecule has 0 fully saturated rings. The molecule has 0 heterocycles. The molecule has 0 amide bonds. The van der Waals surface area contributed by atoms with Crippen LogP contribution >= 0.6 is 0 Å². The molecule has 0 aromatic heterocycles. The van der Waals surface area contributed by atoms with Gasteiger partial charge in [0.15, 0.2) is 0 Å². The molecule has 0 radical (unpaired) electrons. The first-order valence-corrected chi connectivity index (χ1v) is 7.55. The Morgan fingerprint density at radius 3 is 0.913 bits per heavy atom. The summed E-state index contributed by atoms with van der Waals surface area (Å²) < 4.78 is 0. The summed E-state index contributed by atoms with van der Waals surface area (Å²) in [4.78, 5) is 0. The molecule has 0 aliphatic carbocycles. The Bertz CT molecular complexity index is 518. The van der Waals surface area contributed by atoms with Gasteiger partial charge in [-0.2, -0.15) is 0 Å². The van der Waals surface area contributed by atoms with E-state index < -0.39 is 0 Å². The van der Waals surface area contributed by atoms with E-state index in [9.17, 15) is 10.2 Å². The van der Waals surface area contributed by atoms with Gasteiger partial charge in [0, 0.05) is 0 Å². The zero-order valence-corrected chi connectivity index (χ0v) is 17.4. The summed E-state index contributed by atoms with van der Waals surface area (Å²) >= 11 is 0. The SMILES string of the molecule is CC(C)(C)c1ccc([O-])cc1.CC(C)(C)c1ccc([O-])cc1.[Ca+2]. The molecule has 0 N–H and O–H groups in total. The third kappa shape index (κ3) is 8.10. The largest absolute Gasteiger partial charge is 2.00 e. The predicted octanol–water partition coefficient (Wildman–Crippen LogP) is 3.73. The van der Waals surface area contributed by atoms with Gasteiger partial charge in [0.1, 0.15) is 0 Å². The second kappa shape index (κ2) is 8.96. The maximum atomic E-state index is 10.7. The molecule has 0 aliphatic heterocycles. The molecule has 0 unspecified atom stereocenters. The molecule has 2 aromatic rings. The molecular formula is C20H26CaO2. The summed E-state index contributed by atoms with van der Waals surface area (Å²) in [5.74, 6) is 0.163. The van der Waals surface area contributed by atoms with Crippen LogP contribution in [0.3, 0.4) is 0 Å². The number of rotatable bonds is 0. The first kappa shape index (κ1) is 22.3. The fourth-order valence-corrected chi connectivity index (χ4v) is 1.91. The molecule has 0 bridgehead atoms. The molecular weight excluding hydrogens is 312 g/mol. The van der Waals surface area contributed by atoms with Crippen LogP contribution in [-0.2, 0) is 10.8 Å². The van der Waals surface area contributed by atoms with Crippen molar-refractivity contribution in [2.24, 2.45) is 0 Å². The first-order chi connectivity index (χ1) is 10.00. The van der Waals surface area contributed by atoms with E-state index in [0.29, 0.717) is 0 Å². The standard InChI is InChI=1S/2C10H14O.Ca/c2*1-10(2,3)8-4-6-9(11)7-5-8;/h2*4-7,11H,1-3H3;/q;;+2/p-2. The molecule has 0 saturated heterocycles. The second-order valence-corrected chi connectivity index (χ2v) is 7.55. The molecule has 0 spiro atoms. The minimum Gasteiger partial charge on any atom is -0.872 e. The van der Waals surface area contributed by atoms with Gasteiger partial charge < -0.3 is 10.2 Å². The zero-order valence-electron chi connectivity index (χ0n) is 15.1. The van der Waals surface area contributed by atoms with Crippen molar-refractivity contribution in [1.82, 2.24) is 0 Å². The van der Waals surface area contributed by atoms with E-state index in [1.165, 1.54) is 11.1 Å². The van der Waals surface area contributed by atoms with Crippen molar-refractivity contribution >= 4 is 37.7 Å². The van der Waals surface area contributed by atoms with Gasteiger partial charge in [0.05, 0.1) is 0 Å². The first-order valence-electron chi connectivity index (χ1n) is 7.55. The Balaban J connectivity index is 0.000000403.